The van der Waals surface area contributed by atoms with E-state index < -0.39 is 0 Å². The van der Waals surface area contributed by atoms with Crippen LogP contribution in [0.5, 0.6) is 11.6 Å². The van der Waals surface area contributed by atoms with Crippen LogP contribution in [0.25, 0.3) is 27.6 Å². The van der Waals surface area contributed by atoms with Crippen molar-refractivity contribution in [3.63, 3.8) is 0 Å². The van der Waals surface area contributed by atoms with Crippen molar-refractivity contribution in [1.29, 1.82) is 0 Å². The molecule has 0 unspecified atom stereocenters. The zero-order valence-electron chi connectivity index (χ0n) is 26.6. The van der Waals surface area contributed by atoms with Gasteiger partial charge in [0.1, 0.15) is 11.7 Å². The molecule has 0 radical (unpaired) electrons. The molecule has 0 atom stereocenters. The third-order valence-corrected chi connectivity index (χ3v) is 8.29. The summed E-state index contributed by atoms with van der Waals surface area (Å²) in [7, 11) is 2.06. The van der Waals surface area contributed by atoms with E-state index in [0.717, 1.165) is 44.7 Å². The average molecular weight is 774 g/mol. The Kier molecular flexibility index (Phi) is 7.77. The van der Waals surface area contributed by atoms with Gasteiger partial charge in [-0.15, -0.1) is 17.5 Å². The van der Waals surface area contributed by atoms with Crippen molar-refractivity contribution in [2.75, 3.05) is 16.8 Å². The van der Waals surface area contributed by atoms with E-state index in [1.165, 1.54) is 11.1 Å². The van der Waals surface area contributed by atoms with Gasteiger partial charge in [-0.25, -0.2) is 4.98 Å². The molecule has 0 aliphatic carbocycles. The van der Waals surface area contributed by atoms with E-state index in [1.54, 1.807) is 6.20 Å². The van der Waals surface area contributed by atoms with E-state index in [9.17, 15) is 0 Å². The van der Waals surface area contributed by atoms with Gasteiger partial charge in [0.2, 0.25) is 0 Å². The summed E-state index contributed by atoms with van der Waals surface area (Å²) in [5.74, 6) is 1.79. The maximum atomic E-state index is 6.33. The van der Waals surface area contributed by atoms with Crippen molar-refractivity contribution in [2.45, 2.75) is 52.4 Å². The number of nitrogens with zero attached hydrogens (tertiary/aromatic N) is 5. The van der Waals surface area contributed by atoms with Crippen LogP contribution in [0.1, 0.15) is 52.7 Å². The number of hydrogen-bond donors (Lipinski definition) is 0. The Labute approximate surface area is 279 Å². The Hall–Kier alpha value is -4.15. The Morgan fingerprint density at radius 2 is 1.47 bits per heavy atom. The fraction of sp³-hybridized carbons (Fsp3) is 0.237. The minimum Gasteiger partial charge on any atom is -0.504 e. The van der Waals surface area contributed by atoms with Crippen molar-refractivity contribution in [3.8, 4) is 17.4 Å². The van der Waals surface area contributed by atoms with Crippen molar-refractivity contribution < 1.29 is 25.8 Å². The summed E-state index contributed by atoms with van der Waals surface area (Å²) in [6.45, 7) is 15.4. The van der Waals surface area contributed by atoms with Crippen LogP contribution in [0.15, 0.2) is 85.2 Å². The molecule has 0 spiro atoms. The third-order valence-electron chi connectivity index (χ3n) is 8.29. The van der Waals surface area contributed by atoms with Gasteiger partial charge >= 0.3 is 0 Å². The first-order valence-corrected chi connectivity index (χ1v) is 15.0. The number of aromatic nitrogens is 3. The van der Waals surface area contributed by atoms with Crippen molar-refractivity contribution >= 4 is 38.9 Å². The second-order valence-electron chi connectivity index (χ2n) is 13.5. The van der Waals surface area contributed by atoms with Crippen LogP contribution in [0, 0.1) is 18.8 Å². The van der Waals surface area contributed by atoms with Gasteiger partial charge in [0, 0.05) is 49.9 Å². The maximum absolute atomic E-state index is 6.33. The molecule has 45 heavy (non-hydrogen) atoms. The first kappa shape index (κ1) is 30.9. The van der Waals surface area contributed by atoms with Crippen LogP contribution in [0.3, 0.4) is 0 Å². The van der Waals surface area contributed by atoms with Crippen LogP contribution >= 0.6 is 0 Å². The van der Waals surface area contributed by atoms with Gasteiger partial charge in [-0.1, -0.05) is 71.3 Å². The number of anilines is 3. The molecule has 0 saturated carbocycles. The number of ether oxygens (including phenoxy) is 1. The van der Waals surface area contributed by atoms with Gasteiger partial charge in [-0.2, -0.15) is 30.6 Å². The average Bonchev–Trinajstić information content (AvgIpc) is 3.50. The summed E-state index contributed by atoms with van der Waals surface area (Å²) < 4.78 is 8.50. The minimum atomic E-state index is -0.00262. The molecule has 1 aliphatic rings. The zero-order chi connectivity index (χ0) is 30.8. The molecule has 6 nitrogen and oxygen atoms in total. The second kappa shape index (κ2) is 11.3. The molecule has 0 fully saturated rings. The molecular weight excluding hydrogens is 738 g/mol. The molecule has 7 heteroatoms. The molecule has 1 aliphatic heterocycles. The number of rotatable bonds is 4. The summed E-state index contributed by atoms with van der Waals surface area (Å²) >= 11 is 0. The molecule has 232 valence electrons. The zero-order valence-corrected chi connectivity index (χ0v) is 28.9. The Bertz CT molecular complexity index is 2040. The van der Waals surface area contributed by atoms with E-state index >= 15 is 0 Å². The summed E-state index contributed by atoms with van der Waals surface area (Å²) in [5.41, 5.74) is 7.60. The van der Waals surface area contributed by atoms with Gasteiger partial charge < -0.3 is 19.1 Å². The van der Waals surface area contributed by atoms with E-state index in [0.29, 0.717) is 11.6 Å². The van der Waals surface area contributed by atoms with E-state index in [1.807, 2.05) is 18.3 Å². The predicted octanol–water partition coefficient (Wildman–Crippen LogP) is 9.27. The van der Waals surface area contributed by atoms with Gasteiger partial charge in [0.05, 0.1) is 0 Å². The van der Waals surface area contributed by atoms with Gasteiger partial charge in [0.15, 0.2) is 0 Å². The summed E-state index contributed by atoms with van der Waals surface area (Å²) in [6.07, 6.45) is 3.65. The normalized spacial score (nSPS) is 13.3. The van der Waals surface area contributed by atoms with Crippen LogP contribution < -0.4 is 14.5 Å². The standard InChI is InChI=1S/C38H36N5O.Pt/c1-37(2,3)25-12-15-32-34(20-25)42(24-41(32)7)27-17-19-40-36(22-27)44-28-13-14-30-29-10-8-9-11-31(29)43(33(30)23-28)35-21-26(16-18-39-35)38(4,5)6;/h8-21,24H,1-7H3;/q-3;. The van der Waals surface area contributed by atoms with Crippen molar-refractivity contribution in [1.82, 2.24) is 14.5 Å². The number of fused-ring (bicyclic) bond motifs is 4. The summed E-state index contributed by atoms with van der Waals surface area (Å²) in [4.78, 5) is 13.6. The Morgan fingerprint density at radius 1 is 0.733 bits per heavy atom. The number of benzene rings is 3. The fourth-order valence-electron chi connectivity index (χ4n) is 5.81. The first-order valence-electron chi connectivity index (χ1n) is 15.0. The molecular formula is C38H36N5OPt-3. The Balaban J connectivity index is 0.00000357. The van der Waals surface area contributed by atoms with Crippen LogP contribution in [-0.4, -0.2) is 21.6 Å². The summed E-state index contributed by atoms with van der Waals surface area (Å²) in [6, 6.07) is 32.2. The fourth-order valence-corrected chi connectivity index (χ4v) is 5.81. The second-order valence-corrected chi connectivity index (χ2v) is 13.5. The molecule has 4 heterocycles. The first-order chi connectivity index (χ1) is 21.0. The SMILES string of the molecule is CN1[CH-]N(c2[c-]c(Oc3[c-]c4c(cc3)c3ccccc3n4-c3cc(C(C)(C)C)ccn3)ncc2)c2cc(C(C)(C)C)ccc21.[Pt]. The monoisotopic (exact) mass is 773 g/mol. The quantitative estimate of drug-likeness (QED) is 0.167. The predicted molar refractivity (Wildman–Crippen MR) is 179 cm³/mol. The van der Waals surface area contributed by atoms with Gasteiger partial charge in [-0.05, 0) is 70.9 Å². The molecule has 6 aromatic rings. The number of hydrogen-bond acceptors (Lipinski definition) is 5. The molecule has 3 aromatic carbocycles. The minimum absolute atomic E-state index is 0. The molecule has 0 amide bonds. The molecule has 0 N–H and O–H groups in total. The van der Waals surface area contributed by atoms with E-state index in [-0.39, 0.29) is 31.9 Å². The van der Waals surface area contributed by atoms with Crippen LogP contribution in [0.4, 0.5) is 17.1 Å². The topological polar surface area (TPSA) is 46.4 Å². The van der Waals surface area contributed by atoms with Gasteiger partial charge in [0.25, 0.3) is 0 Å². The number of pyridine rings is 2. The third kappa shape index (κ3) is 5.61. The largest absolute Gasteiger partial charge is 0.504 e. The van der Waals surface area contributed by atoms with Crippen molar-refractivity contribution in [3.05, 3.63) is 115 Å². The van der Waals surface area contributed by atoms with Gasteiger partial charge in [-0.3, -0.25) is 4.98 Å². The molecule has 0 saturated heterocycles. The van der Waals surface area contributed by atoms with Crippen LogP contribution in [0.2, 0.25) is 0 Å². The molecule has 7 rings (SSSR count). The smallest absolute Gasteiger partial charge is 0.135 e. The van der Waals surface area contributed by atoms with Crippen molar-refractivity contribution in [2.24, 2.45) is 0 Å². The molecule has 0 bridgehead atoms. The Morgan fingerprint density at radius 3 is 2.24 bits per heavy atom. The van der Waals surface area contributed by atoms with Crippen LogP contribution in [-0.2, 0) is 31.9 Å². The van der Waals surface area contributed by atoms with E-state index in [4.69, 9.17) is 9.72 Å². The summed E-state index contributed by atoms with van der Waals surface area (Å²) in [5, 5.41) is 2.23. The molecule has 3 aromatic heterocycles. The number of para-hydroxylation sites is 1. The van der Waals surface area contributed by atoms with E-state index in [2.05, 4.69) is 147 Å². The maximum Gasteiger partial charge on any atom is 0.135 e.